The Labute approximate surface area is 196 Å². The molecule has 1 saturated heterocycles. The molecule has 3 rings (SSSR count). The highest BCUT2D eigenvalue weighted by molar-refractivity contribution is 7.89. The number of anilines is 1. The van der Waals surface area contributed by atoms with Crippen LogP contribution in [0.4, 0.5) is 5.69 Å². The summed E-state index contributed by atoms with van der Waals surface area (Å²) < 4.78 is 32.8. The van der Waals surface area contributed by atoms with E-state index in [9.17, 15) is 18.0 Å². The van der Waals surface area contributed by atoms with Gasteiger partial charge in [0.05, 0.1) is 16.1 Å². The average molecular weight is 473 g/mol. The normalized spacial score (nSPS) is 14.0. The Balaban J connectivity index is 1.89. The van der Waals surface area contributed by atoms with Crippen LogP contribution in [0.5, 0.6) is 0 Å². The molecule has 0 radical (unpaired) electrons. The fraction of sp³-hybridized carbons (Fsp3) is 0.440. The number of ketones is 1. The zero-order chi connectivity index (χ0) is 24.2. The van der Waals surface area contributed by atoms with E-state index in [0.717, 1.165) is 37.1 Å². The second kappa shape index (κ2) is 10.5. The van der Waals surface area contributed by atoms with Crippen molar-refractivity contribution in [2.45, 2.75) is 45.4 Å². The van der Waals surface area contributed by atoms with Crippen LogP contribution in [0.25, 0.3) is 0 Å². The minimum atomic E-state index is -3.74. The van der Waals surface area contributed by atoms with Gasteiger partial charge in [0.2, 0.25) is 15.8 Å². The molecule has 0 amide bonds. The Morgan fingerprint density at radius 3 is 2.24 bits per heavy atom. The van der Waals surface area contributed by atoms with E-state index >= 15 is 0 Å². The summed E-state index contributed by atoms with van der Waals surface area (Å²) >= 11 is 0. The van der Waals surface area contributed by atoms with Crippen molar-refractivity contribution in [2.75, 3.05) is 37.7 Å². The fourth-order valence-electron chi connectivity index (χ4n) is 4.20. The summed E-state index contributed by atoms with van der Waals surface area (Å²) in [5.41, 5.74) is 3.17. The molecule has 0 atom stereocenters. The van der Waals surface area contributed by atoms with Crippen LogP contribution >= 0.6 is 0 Å². The molecule has 0 saturated carbocycles. The zero-order valence-corrected chi connectivity index (χ0v) is 20.6. The zero-order valence-electron chi connectivity index (χ0n) is 19.8. The van der Waals surface area contributed by atoms with E-state index in [4.69, 9.17) is 4.74 Å². The van der Waals surface area contributed by atoms with Crippen molar-refractivity contribution >= 4 is 27.5 Å². The van der Waals surface area contributed by atoms with Crippen LogP contribution in [0.2, 0.25) is 0 Å². The van der Waals surface area contributed by atoms with Crippen LogP contribution in [0.1, 0.15) is 58.5 Å². The lowest BCUT2D eigenvalue weighted by atomic mass is 10.0. The molecule has 0 aromatic heterocycles. The Morgan fingerprint density at radius 1 is 0.970 bits per heavy atom. The largest absolute Gasteiger partial charge is 0.454 e. The van der Waals surface area contributed by atoms with Gasteiger partial charge >= 0.3 is 5.97 Å². The number of carbonyl (C=O) groups is 2. The van der Waals surface area contributed by atoms with E-state index in [-0.39, 0.29) is 16.2 Å². The summed E-state index contributed by atoms with van der Waals surface area (Å²) in [5, 5.41) is 0. The highest BCUT2D eigenvalue weighted by Crippen LogP contribution is 2.29. The lowest BCUT2D eigenvalue weighted by Crippen LogP contribution is -2.31. The SMILES string of the molecule is CCN(CC)S(=O)(=O)c1ccc(N2CCCC2)c(C(=O)OCC(=O)c2ccc(C)cc2C)c1. The first kappa shape index (κ1) is 24.9. The van der Waals surface area contributed by atoms with Crippen molar-refractivity contribution in [3.8, 4) is 0 Å². The van der Waals surface area contributed by atoms with Crippen LogP contribution in [0, 0.1) is 13.8 Å². The number of Topliss-reactive ketones (excluding diaryl/α,β-unsaturated/α-hetero) is 1. The second-order valence-electron chi connectivity index (χ2n) is 8.28. The van der Waals surface area contributed by atoms with Gasteiger partial charge in [0.15, 0.2) is 6.61 Å². The predicted molar refractivity (Wildman–Crippen MR) is 129 cm³/mol. The lowest BCUT2D eigenvalue weighted by Gasteiger charge is -2.23. The molecule has 33 heavy (non-hydrogen) atoms. The third-order valence-corrected chi connectivity index (χ3v) is 8.04. The Bertz CT molecular complexity index is 1130. The molecule has 2 aromatic rings. The van der Waals surface area contributed by atoms with E-state index in [2.05, 4.69) is 4.90 Å². The lowest BCUT2D eigenvalue weighted by molar-refractivity contribution is 0.0475. The minimum absolute atomic E-state index is 0.0433. The number of ether oxygens (including phenoxy) is 1. The molecule has 0 N–H and O–H groups in total. The van der Waals surface area contributed by atoms with Gasteiger partial charge in [-0.2, -0.15) is 4.31 Å². The number of rotatable bonds is 9. The maximum Gasteiger partial charge on any atom is 0.340 e. The first-order valence-corrected chi connectivity index (χ1v) is 12.8. The monoisotopic (exact) mass is 472 g/mol. The number of esters is 1. The molecule has 7 nitrogen and oxygen atoms in total. The molecule has 178 valence electrons. The summed E-state index contributed by atoms with van der Waals surface area (Å²) in [6.45, 7) is 9.15. The second-order valence-corrected chi connectivity index (χ2v) is 10.2. The van der Waals surface area contributed by atoms with Gasteiger partial charge in [-0.3, -0.25) is 4.79 Å². The van der Waals surface area contributed by atoms with Crippen molar-refractivity contribution in [3.05, 3.63) is 58.7 Å². The van der Waals surface area contributed by atoms with Gasteiger partial charge in [-0.1, -0.05) is 37.6 Å². The first-order chi connectivity index (χ1) is 15.7. The van der Waals surface area contributed by atoms with Crippen LogP contribution < -0.4 is 4.90 Å². The molecule has 0 spiro atoms. The highest BCUT2D eigenvalue weighted by Gasteiger charge is 2.27. The molecule has 0 aliphatic carbocycles. The molecular weight excluding hydrogens is 440 g/mol. The van der Waals surface area contributed by atoms with E-state index < -0.39 is 22.6 Å². The number of aryl methyl sites for hydroxylation is 2. The van der Waals surface area contributed by atoms with Crippen molar-refractivity contribution in [1.82, 2.24) is 4.31 Å². The molecular formula is C25H32N2O5S. The third-order valence-electron chi connectivity index (χ3n) is 5.99. The standard InChI is InChI=1S/C25H32N2O5S/c1-5-27(6-2)33(30,31)20-10-12-23(26-13-7-8-14-26)22(16-20)25(29)32-17-24(28)21-11-9-18(3)15-19(21)4/h9-12,15-16H,5-8,13-14,17H2,1-4H3. The van der Waals surface area contributed by atoms with E-state index in [0.29, 0.717) is 24.3 Å². The summed E-state index contributed by atoms with van der Waals surface area (Å²) in [6, 6.07) is 10.1. The van der Waals surface area contributed by atoms with Crippen LogP contribution in [0.3, 0.4) is 0 Å². The molecule has 0 unspecified atom stereocenters. The molecule has 2 aromatic carbocycles. The van der Waals surface area contributed by atoms with Gasteiger partial charge in [-0.25, -0.2) is 13.2 Å². The quantitative estimate of drug-likeness (QED) is 0.406. The number of sulfonamides is 1. The fourth-order valence-corrected chi connectivity index (χ4v) is 5.68. The van der Waals surface area contributed by atoms with Gasteiger partial charge in [0.1, 0.15) is 0 Å². The van der Waals surface area contributed by atoms with Gasteiger partial charge in [-0.05, 0) is 50.5 Å². The summed E-state index contributed by atoms with van der Waals surface area (Å²) in [4.78, 5) is 27.8. The maximum atomic E-state index is 13.1. The van der Waals surface area contributed by atoms with Gasteiger partial charge in [-0.15, -0.1) is 0 Å². The van der Waals surface area contributed by atoms with Crippen LogP contribution in [-0.2, 0) is 14.8 Å². The predicted octanol–water partition coefficient (Wildman–Crippen LogP) is 3.97. The number of hydrogen-bond donors (Lipinski definition) is 0. The van der Waals surface area contributed by atoms with E-state index in [1.807, 2.05) is 26.0 Å². The third kappa shape index (κ3) is 5.45. The van der Waals surface area contributed by atoms with Crippen molar-refractivity contribution in [3.63, 3.8) is 0 Å². The molecule has 8 heteroatoms. The average Bonchev–Trinajstić information content (AvgIpc) is 3.32. The van der Waals surface area contributed by atoms with E-state index in [1.54, 1.807) is 32.0 Å². The first-order valence-electron chi connectivity index (χ1n) is 11.4. The van der Waals surface area contributed by atoms with Crippen molar-refractivity contribution in [2.24, 2.45) is 0 Å². The minimum Gasteiger partial charge on any atom is -0.454 e. The highest BCUT2D eigenvalue weighted by atomic mass is 32.2. The van der Waals surface area contributed by atoms with Gasteiger partial charge < -0.3 is 9.64 Å². The molecule has 1 aliphatic rings. The smallest absolute Gasteiger partial charge is 0.340 e. The molecule has 1 fully saturated rings. The van der Waals surface area contributed by atoms with Crippen molar-refractivity contribution in [1.29, 1.82) is 0 Å². The number of hydrogen-bond acceptors (Lipinski definition) is 6. The van der Waals surface area contributed by atoms with Gasteiger partial charge in [0, 0.05) is 31.7 Å². The van der Waals surface area contributed by atoms with E-state index in [1.165, 1.54) is 10.4 Å². The Hall–Kier alpha value is -2.71. The Kier molecular flexibility index (Phi) is 7.92. The molecule has 1 heterocycles. The van der Waals surface area contributed by atoms with Crippen molar-refractivity contribution < 1.29 is 22.7 Å². The maximum absolute atomic E-state index is 13.1. The van der Waals surface area contributed by atoms with Gasteiger partial charge in [0.25, 0.3) is 0 Å². The molecule has 0 bridgehead atoms. The summed E-state index contributed by atoms with van der Waals surface area (Å²) in [7, 11) is -3.74. The molecule has 1 aliphatic heterocycles. The number of nitrogens with zero attached hydrogens (tertiary/aromatic N) is 2. The topological polar surface area (TPSA) is 84.0 Å². The summed E-state index contributed by atoms with van der Waals surface area (Å²) in [5.74, 6) is -0.998. The number of benzene rings is 2. The van der Waals surface area contributed by atoms with Crippen LogP contribution in [0.15, 0.2) is 41.3 Å². The van der Waals surface area contributed by atoms with Crippen LogP contribution in [-0.4, -0.2) is 57.3 Å². The number of carbonyl (C=O) groups excluding carboxylic acids is 2. The Morgan fingerprint density at radius 2 is 1.64 bits per heavy atom. The summed E-state index contributed by atoms with van der Waals surface area (Å²) in [6.07, 6.45) is 2.00.